The maximum atomic E-state index is 12.1. The average Bonchev–Trinajstić information content (AvgIpc) is 2.25. The summed E-state index contributed by atoms with van der Waals surface area (Å²) in [7, 11) is 0. The first-order valence-corrected chi connectivity index (χ1v) is 6.67. The summed E-state index contributed by atoms with van der Waals surface area (Å²) in [5.74, 6) is -0.667. The molecule has 3 atom stereocenters. The van der Waals surface area contributed by atoms with Crippen molar-refractivity contribution in [1.29, 1.82) is 0 Å². The molecular weight excluding hydrogens is 230 g/mol. The minimum absolute atomic E-state index is 0.0520. The molecule has 0 aromatic rings. The SMILES string of the molecule is CCC(C)C(C)C(=O)NC(C)(CC(=O)O)C(C)C. The Morgan fingerprint density at radius 1 is 1.22 bits per heavy atom. The van der Waals surface area contributed by atoms with Crippen LogP contribution in [0.25, 0.3) is 0 Å². The molecule has 0 fully saturated rings. The Hall–Kier alpha value is -1.06. The lowest BCUT2D eigenvalue weighted by molar-refractivity contribution is -0.140. The number of carboxylic acid groups (broad SMARTS) is 1. The fourth-order valence-electron chi connectivity index (χ4n) is 1.71. The molecule has 0 aliphatic heterocycles. The molecule has 0 bridgehead atoms. The van der Waals surface area contributed by atoms with Gasteiger partial charge in [-0.15, -0.1) is 0 Å². The molecule has 4 nitrogen and oxygen atoms in total. The molecule has 0 aromatic carbocycles. The van der Waals surface area contributed by atoms with Crippen molar-refractivity contribution in [2.75, 3.05) is 0 Å². The summed E-state index contributed by atoms with van der Waals surface area (Å²) in [6.45, 7) is 11.6. The monoisotopic (exact) mass is 257 g/mol. The standard InChI is InChI=1S/C14H27NO3/c1-7-10(4)11(5)13(18)15-14(6,9(2)3)8-12(16)17/h9-11H,7-8H2,1-6H3,(H,15,18)(H,16,17). The van der Waals surface area contributed by atoms with Gasteiger partial charge in [0, 0.05) is 11.5 Å². The summed E-state index contributed by atoms with van der Waals surface area (Å²) in [5, 5.41) is 11.9. The van der Waals surface area contributed by atoms with Crippen LogP contribution in [-0.2, 0) is 9.59 Å². The van der Waals surface area contributed by atoms with Crippen molar-refractivity contribution in [2.24, 2.45) is 17.8 Å². The van der Waals surface area contributed by atoms with Crippen molar-refractivity contribution in [3.05, 3.63) is 0 Å². The first kappa shape index (κ1) is 16.9. The fourth-order valence-corrected chi connectivity index (χ4v) is 1.71. The Balaban J connectivity index is 4.79. The molecule has 1 amide bonds. The molecule has 0 radical (unpaired) electrons. The van der Waals surface area contributed by atoms with E-state index in [1.54, 1.807) is 6.92 Å². The van der Waals surface area contributed by atoms with Gasteiger partial charge in [-0.2, -0.15) is 0 Å². The second-order valence-corrected chi connectivity index (χ2v) is 5.81. The van der Waals surface area contributed by atoms with Crippen LogP contribution in [0.15, 0.2) is 0 Å². The van der Waals surface area contributed by atoms with Crippen LogP contribution in [0.4, 0.5) is 0 Å². The lowest BCUT2D eigenvalue weighted by Crippen LogP contribution is -2.53. The molecule has 0 rings (SSSR count). The quantitative estimate of drug-likeness (QED) is 0.737. The number of hydrogen-bond donors (Lipinski definition) is 2. The van der Waals surface area contributed by atoms with Gasteiger partial charge in [-0.1, -0.05) is 41.0 Å². The van der Waals surface area contributed by atoms with E-state index in [1.165, 1.54) is 0 Å². The van der Waals surface area contributed by atoms with Gasteiger partial charge in [-0.3, -0.25) is 9.59 Å². The molecule has 0 saturated heterocycles. The fraction of sp³-hybridized carbons (Fsp3) is 0.857. The largest absolute Gasteiger partial charge is 0.481 e. The highest BCUT2D eigenvalue weighted by Gasteiger charge is 2.34. The molecule has 4 heteroatoms. The summed E-state index contributed by atoms with van der Waals surface area (Å²) in [5.41, 5.74) is -0.690. The van der Waals surface area contributed by atoms with E-state index in [1.807, 2.05) is 34.6 Å². The first-order valence-electron chi connectivity index (χ1n) is 6.67. The van der Waals surface area contributed by atoms with Crippen LogP contribution in [0.3, 0.4) is 0 Å². The molecule has 0 saturated carbocycles. The number of rotatable bonds is 7. The Morgan fingerprint density at radius 3 is 2.06 bits per heavy atom. The lowest BCUT2D eigenvalue weighted by atomic mass is 9.83. The van der Waals surface area contributed by atoms with E-state index < -0.39 is 11.5 Å². The molecule has 2 N–H and O–H groups in total. The highest BCUT2D eigenvalue weighted by atomic mass is 16.4. The van der Waals surface area contributed by atoms with Gasteiger partial charge in [-0.05, 0) is 18.8 Å². The summed E-state index contributed by atoms with van der Waals surface area (Å²) in [6, 6.07) is 0. The van der Waals surface area contributed by atoms with E-state index in [-0.39, 0.29) is 24.2 Å². The lowest BCUT2D eigenvalue weighted by Gasteiger charge is -2.35. The van der Waals surface area contributed by atoms with E-state index in [2.05, 4.69) is 5.32 Å². The van der Waals surface area contributed by atoms with Gasteiger partial charge in [0.2, 0.25) is 5.91 Å². The number of nitrogens with one attached hydrogen (secondary N) is 1. The molecule has 0 aromatic heterocycles. The Morgan fingerprint density at radius 2 is 1.72 bits per heavy atom. The van der Waals surface area contributed by atoms with Crippen molar-refractivity contribution < 1.29 is 14.7 Å². The summed E-state index contributed by atoms with van der Waals surface area (Å²) >= 11 is 0. The number of carbonyl (C=O) groups is 2. The second kappa shape index (κ2) is 6.76. The number of carboxylic acids is 1. The molecule has 0 aliphatic carbocycles. The molecule has 0 spiro atoms. The molecule has 3 unspecified atom stereocenters. The minimum Gasteiger partial charge on any atom is -0.481 e. The van der Waals surface area contributed by atoms with Gasteiger partial charge in [0.25, 0.3) is 0 Å². The zero-order valence-corrected chi connectivity index (χ0v) is 12.4. The maximum Gasteiger partial charge on any atom is 0.305 e. The molecular formula is C14H27NO3. The van der Waals surface area contributed by atoms with Gasteiger partial charge >= 0.3 is 5.97 Å². The average molecular weight is 257 g/mol. The summed E-state index contributed by atoms with van der Waals surface area (Å²) < 4.78 is 0. The topological polar surface area (TPSA) is 66.4 Å². The third kappa shape index (κ3) is 4.67. The Kier molecular flexibility index (Phi) is 6.36. The van der Waals surface area contributed by atoms with Crippen LogP contribution in [0.2, 0.25) is 0 Å². The number of aliphatic carboxylic acids is 1. The van der Waals surface area contributed by atoms with Crippen molar-refractivity contribution in [3.8, 4) is 0 Å². The molecule has 0 aliphatic rings. The van der Waals surface area contributed by atoms with Crippen molar-refractivity contribution in [2.45, 2.75) is 59.9 Å². The van der Waals surface area contributed by atoms with Crippen LogP contribution in [0, 0.1) is 17.8 Å². The van der Waals surface area contributed by atoms with E-state index in [0.717, 1.165) is 6.42 Å². The Bertz CT molecular complexity index is 301. The Labute approximate surface area is 110 Å². The van der Waals surface area contributed by atoms with E-state index >= 15 is 0 Å². The van der Waals surface area contributed by atoms with E-state index in [4.69, 9.17) is 5.11 Å². The van der Waals surface area contributed by atoms with Gasteiger partial charge < -0.3 is 10.4 Å². The van der Waals surface area contributed by atoms with Crippen LogP contribution >= 0.6 is 0 Å². The van der Waals surface area contributed by atoms with Crippen molar-refractivity contribution in [1.82, 2.24) is 5.32 Å². The van der Waals surface area contributed by atoms with Crippen molar-refractivity contribution >= 4 is 11.9 Å². The smallest absolute Gasteiger partial charge is 0.305 e. The first-order chi connectivity index (χ1) is 8.14. The maximum absolute atomic E-state index is 12.1. The minimum atomic E-state index is -0.886. The normalized spacial score (nSPS) is 17.9. The number of carbonyl (C=O) groups excluding carboxylic acids is 1. The van der Waals surface area contributed by atoms with Gasteiger partial charge in [0.05, 0.1) is 6.42 Å². The zero-order valence-electron chi connectivity index (χ0n) is 12.4. The van der Waals surface area contributed by atoms with Gasteiger partial charge in [0.15, 0.2) is 0 Å². The van der Waals surface area contributed by atoms with E-state index in [9.17, 15) is 9.59 Å². The van der Waals surface area contributed by atoms with Crippen LogP contribution in [0.5, 0.6) is 0 Å². The van der Waals surface area contributed by atoms with Crippen LogP contribution < -0.4 is 5.32 Å². The molecule has 0 heterocycles. The van der Waals surface area contributed by atoms with Gasteiger partial charge in [-0.25, -0.2) is 0 Å². The van der Waals surface area contributed by atoms with Crippen molar-refractivity contribution in [3.63, 3.8) is 0 Å². The molecule has 106 valence electrons. The highest BCUT2D eigenvalue weighted by Crippen LogP contribution is 2.23. The highest BCUT2D eigenvalue weighted by molar-refractivity contribution is 5.80. The van der Waals surface area contributed by atoms with Crippen LogP contribution in [-0.4, -0.2) is 22.5 Å². The second-order valence-electron chi connectivity index (χ2n) is 5.81. The number of amides is 1. The van der Waals surface area contributed by atoms with E-state index in [0.29, 0.717) is 5.92 Å². The third-order valence-electron chi connectivity index (χ3n) is 4.11. The van der Waals surface area contributed by atoms with Crippen LogP contribution in [0.1, 0.15) is 54.4 Å². The third-order valence-corrected chi connectivity index (χ3v) is 4.11. The summed E-state index contributed by atoms with van der Waals surface area (Å²) in [6.07, 6.45) is 0.884. The number of hydrogen-bond acceptors (Lipinski definition) is 2. The summed E-state index contributed by atoms with van der Waals surface area (Å²) in [4.78, 5) is 23.1. The van der Waals surface area contributed by atoms with Gasteiger partial charge in [0.1, 0.15) is 0 Å². The zero-order chi connectivity index (χ0) is 14.5. The predicted octanol–water partition coefficient (Wildman–Crippen LogP) is 2.67. The predicted molar refractivity (Wildman–Crippen MR) is 72.3 cm³/mol. The molecule has 18 heavy (non-hydrogen) atoms.